The van der Waals surface area contributed by atoms with Crippen molar-refractivity contribution in [1.82, 2.24) is 5.32 Å². The Bertz CT molecular complexity index is 1960. The van der Waals surface area contributed by atoms with E-state index in [1.165, 1.54) is 19.3 Å². The van der Waals surface area contributed by atoms with Crippen LogP contribution in [0.25, 0.3) is 0 Å². The van der Waals surface area contributed by atoms with Crippen LogP contribution in [-0.4, -0.2) is 140 Å². The molecule has 2 fully saturated rings. The van der Waals surface area contributed by atoms with Gasteiger partial charge in [0, 0.05) is 6.42 Å². The molecule has 12 unspecified atom stereocenters. The number of aliphatic hydroxyl groups excluding tert-OH is 8. The van der Waals surface area contributed by atoms with Crippen molar-refractivity contribution < 1.29 is 64.6 Å². The SMILES string of the molecule is CC/C=C\C/C=C\C/C=C\C/C=C\C/C=C\C/C=C\C/C=C\C/C=C\C/C=C\C/C=C\C/C=C\CCCCCC(=O)NC(COC1OC(CO)C(OC2OC(CO)C(O)C(O)C2O)C(O)C1O)C(O)/C=C/CC/C=C/CCCCCC. The van der Waals surface area contributed by atoms with Crippen molar-refractivity contribution in [3.8, 4) is 0 Å². The van der Waals surface area contributed by atoms with Crippen molar-refractivity contribution in [3.05, 3.63) is 158 Å². The van der Waals surface area contributed by atoms with Crippen LogP contribution in [0.2, 0.25) is 0 Å². The van der Waals surface area contributed by atoms with Crippen molar-refractivity contribution >= 4 is 5.91 Å². The Morgan fingerprint density at radius 3 is 1.33 bits per heavy atom. The predicted octanol–water partition coefficient (Wildman–Crippen LogP) is 10.7. The molecular formula is C67H105NO13. The van der Waals surface area contributed by atoms with E-state index in [0.717, 1.165) is 109 Å². The van der Waals surface area contributed by atoms with Crippen LogP contribution in [0.5, 0.6) is 0 Å². The van der Waals surface area contributed by atoms with E-state index >= 15 is 0 Å². The molecule has 81 heavy (non-hydrogen) atoms. The molecule has 1 amide bonds. The summed E-state index contributed by atoms with van der Waals surface area (Å²) in [5.74, 6) is -0.292. The van der Waals surface area contributed by atoms with E-state index in [4.69, 9.17) is 18.9 Å². The van der Waals surface area contributed by atoms with Crippen LogP contribution in [0.1, 0.15) is 162 Å². The molecule has 12 atom stereocenters. The number of carbonyl (C=O) groups excluding carboxylic acids is 1. The van der Waals surface area contributed by atoms with Gasteiger partial charge in [0.15, 0.2) is 12.6 Å². The van der Waals surface area contributed by atoms with Crippen LogP contribution in [0, 0.1) is 0 Å². The predicted molar refractivity (Wildman–Crippen MR) is 327 cm³/mol. The second-order valence-electron chi connectivity index (χ2n) is 20.4. The molecule has 456 valence electrons. The molecule has 2 heterocycles. The third-order valence-electron chi connectivity index (χ3n) is 13.4. The Kier molecular flexibility index (Phi) is 45.0. The number of hydrogen-bond acceptors (Lipinski definition) is 13. The Balaban J connectivity index is 1.68. The van der Waals surface area contributed by atoms with E-state index in [2.05, 4.69) is 165 Å². The van der Waals surface area contributed by atoms with E-state index in [-0.39, 0.29) is 18.9 Å². The lowest BCUT2D eigenvalue weighted by Crippen LogP contribution is -2.65. The standard InChI is InChI=1S/C67H105NO13/c1-3-5-7-9-11-13-15-16-17-18-19-20-21-22-23-24-25-26-27-28-29-30-31-32-33-34-35-36-37-38-39-40-41-43-45-47-49-51-59(72)68-55(56(71)50-48-46-44-42-14-12-10-8-6-4-2)54-78-66-64(77)62(75)65(58(53-70)80-66)81-67-63(76)61(74)60(73)57(52-69)79-67/h5,7,11,13-14,16-17,19-20,22-23,25-26,28-29,31-32,34-35,37-38,40-42,48,50,55-58,60-67,69-71,73-77H,3-4,6,8-10,12,15,18,21,24,27,30,33,36,39,43-47,49,51-54H2,1-2H3,(H,68,72)/b7-5-,13-11-,17-16-,20-19-,23-22-,26-25-,29-28-,32-31-,35-34-,38-37-,41-40-,42-14+,50-48+. The molecule has 0 aromatic heterocycles. The van der Waals surface area contributed by atoms with Gasteiger partial charge >= 0.3 is 0 Å². The van der Waals surface area contributed by atoms with Crippen LogP contribution < -0.4 is 5.32 Å². The zero-order valence-electron chi connectivity index (χ0n) is 48.9. The summed E-state index contributed by atoms with van der Waals surface area (Å²) < 4.78 is 22.7. The summed E-state index contributed by atoms with van der Waals surface area (Å²) in [6.07, 6.45) is 60.3. The second-order valence-corrected chi connectivity index (χ2v) is 20.4. The maximum Gasteiger partial charge on any atom is 0.220 e. The Labute approximate surface area is 486 Å². The minimum atomic E-state index is -1.80. The number of amides is 1. The number of nitrogens with one attached hydrogen (secondary N) is 1. The number of allylic oxidation sites excluding steroid dienone is 25. The highest BCUT2D eigenvalue weighted by Gasteiger charge is 2.51. The fraction of sp³-hybridized carbons (Fsp3) is 0.597. The maximum absolute atomic E-state index is 13.2. The second kappa shape index (κ2) is 50.2. The number of unbranched alkanes of at least 4 members (excludes halogenated alkanes) is 8. The first-order chi connectivity index (χ1) is 39.6. The van der Waals surface area contributed by atoms with Crippen molar-refractivity contribution in [1.29, 1.82) is 0 Å². The van der Waals surface area contributed by atoms with Gasteiger partial charge in [-0.05, 0) is 116 Å². The highest BCUT2D eigenvalue weighted by molar-refractivity contribution is 5.76. The van der Waals surface area contributed by atoms with Gasteiger partial charge in [-0.25, -0.2) is 0 Å². The van der Waals surface area contributed by atoms with Gasteiger partial charge in [0.25, 0.3) is 0 Å². The number of aliphatic hydroxyl groups is 8. The summed E-state index contributed by atoms with van der Waals surface area (Å²) >= 11 is 0. The lowest BCUT2D eigenvalue weighted by molar-refractivity contribution is -0.359. The Morgan fingerprint density at radius 1 is 0.457 bits per heavy atom. The molecule has 0 aliphatic carbocycles. The lowest BCUT2D eigenvalue weighted by atomic mass is 9.97. The summed E-state index contributed by atoms with van der Waals surface area (Å²) in [5.41, 5.74) is 0. The van der Waals surface area contributed by atoms with Crippen molar-refractivity contribution in [3.63, 3.8) is 0 Å². The van der Waals surface area contributed by atoms with Crippen molar-refractivity contribution in [2.45, 2.75) is 235 Å². The number of hydrogen-bond donors (Lipinski definition) is 9. The quantitative estimate of drug-likeness (QED) is 0.0205. The van der Waals surface area contributed by atoms with Crippen LogP contribution in [0.15, 0.2) is 158 Å². The first-order valence-corrected chi connectivity index (χ1v) is 30.2. The normalized spacial score (nSPS) is 25.3. The van der Waals surface area contributed by atoms with Crippen LogP contribution in [0.3, 0.4) is 0 Å². The van der Waals surface area contributed by atoms with Crippen LogP contribution >= 0.6 is 0 Å². The molecule has 14 nitrogen and oxygen atoms in total. The fourth-order valence-corrected chi connectivity index (χ4v) is 8.60. The number of ether oxygens (including phenoxy) is 4. The van der Waals surface area contributed by atoms with Crippen molar-refractivity contribution in [2.75, 3.05) is 19.8 Å². The summed E-state index contributed by atoms with van der Waals surface area (Å²) in [6.45, 7) is 2.56. The largest absolute Gasteiger partial charge is 0.394 e. The lowest BCUT2D eigenvalue weighted by Gasteiger charge is -2.46. The third-order valence-corrected chi connectivity index (χ3v) is 13.4. The van der Waals surface area contributed by atoms with E-state index < -0.39 is 86.8 Å². The number of carbonyl (C=O) groups is 1. The van der Waals surface area contributed by atoms with Crippen LogP contribution in [-0.2, 0) is 23.7 Å². The molecule has 0 radical (unpaired) electrons. The molecule has 2 rings (SSSR count). The van der Waals surface area contributed by atoms with Gasteiger partial charge < -0.3 is 65.1 Å². The smallest absolute Gasteiger partial charge is 0.220 e. The van der Waals surface area contributed by atoms with Gasteiger partial charge in [0.05, 0.1) is 32.0 Å². The summed E-state index contributed by atoms with van der Waals surface area (Å²) in [4.78, 5) is 13.2. The zero-order chi connectivity index (χ0) is 58.8. The number of rotatable bonds is 45. The first kappa shape index (κ1) is 72.7. The third kappa shape index (κ3) is 35.4. The van der Waals surface area contributed by atoms with Crippen molar-refractivity contribution in [2.24, 2.45) is 0 Å². The summed E-state index contributed by atoms with van der Waals surface area (Å²) in [6, 6.07) is -0.960. The van der Waals surface area contributed by atoms with Gasteiger partial charge in [-0.15, -0.1) is 0 Å². The molecule has 14 heteroatoms. The maximum atomic E-state index is 13.2. The minimum Gasteiger partial charge on any atom is -0.394 e. The van der Waals surface area contributed by atoms with Gasteiger partial charge in [-0.1, -0.05) is 198 Å². The fourth-order valence-electron chi connectivity index (χ4n) is 8.60. The molecule has 0 spiro atoms. The zero-order valence-corrected chi connectivity index (χ0v) is 48.9. The van der Waals surface area contributed by atoms with E-state index in [1.807, 2.05) is 6.08 Å². The Morgan fingerprint density at radius 2 is 0.864 bits per heavy atom. The molecule has 9 N–H and O–H groups in total. The van der Waals surface area contributed by atoms with Gasteiger partial charge in [0.2, 0.25) is 5.91 Å². The molecule has 2 aliphatic rings. The summed E-state index contributed by atoms with van der Waals surface area (Å²) in [7, 11) is 0. The van der Waals surface area contributed by atoms with E-state index in [1.54, 1.807) is 6.08 Å². The molecule has 2 saturated heterocycles. The average Bonchev–Trinajstić information content (AvgIpc) is 3.51. The highest BCUT2D eigenvalue weighted by atomic mass is 16.7. The molecule has 0 saturated carbocycles. The topological polar surface area (TPSA) is 228 Å². The molecular weight excluding hydrogens is 1030 g/mol. The van der Waals surface area contributed by atoms with Gasteiger partial charge in [0.1, 0.15) is 48.8 Å². The van der Waals surface area contributed by atoms with Gasteiger partial charge in [-0.2, -0.15) is 0 Å². The van der Waals surface area contributed by atoms with Crippen LogP contribution in [0.4, 0.5) is 0 Å². The average molecular weight is 1130 g/mol. The van der Waals surface area contributed by atoms with E-state index in [0.29, 0.717) is 12.8 Å². The molecule has 0 aromatic carbocycles. The molecule has 0 aromatic rings. The highest BCUT2D eigenvalue weighted by Crippen LogP contribution is 2.30. The first-order valence-electron chi connectivity index (χ1n) is 30.2. The minimum absolute atomic E-state index is 0.222. The molecule has 0 bridgehead atoms. The Hall–Kier alpha value is -4.39. The monoisotopic (exact) mass is 1130 g/mol. The van der Waals surface area contributed by atoms with Gasteiger partial charge in [-0.3, -0.25) is 4.79 Å². The molecule has 2 aliphatic heterocycles. The summed E-state index contributed by atoms with van der Waals surface area (Å²) in [5, 5.41) is 86.8. The van der Waals surface area contributed by atoms with E-state index in [9.17, 15) is 45.6 Å².